The number of ether oxygens (including phenoxy) is 1. The minimum absolute atomic E-state index is 0.411. The van der Waals surface area contributed by atoms with Crippen molar-refractivity contribution < 1.29 is 9.53 Å². The van der Waals surface area contributed by atoms with Gasteiger partial charge in [0.15, 0.2) is 0 Å². The molecule has 156 valence electrons. The smallest absolute Gasteiger partial charge is 0.125 e. The van der Waals surface area contributed by atoms with Crippen molar-refractivity contribution in [1.82, 2.24) is 10.2 Å². The van der Waals surface area contributed by atoms with Crippen LogP contribution < -0.4 is 10.1 Å². The first-order chi connectivity index (χ1) is 13.6. The molecule has 0 aliphatic carbocycles. The minimum Gasteiger partial charge on any atom is -0.496 e. The van der Waals surface area contributed by atoms with Crippen molar-refractivity contribution in [3.63, 3.8) is 0 Å². The van der Waals surface area contributed by atoms with Gasteiger partial charge in [0.25, 0.3) is 0 Å². The highest BCUT2D eigenvalue weighted by Gasteiger charge is 2.15. The van der Waals surface area contributed by atoms with Crippen LogP contribution in [0.1, 0.15) is 44.6 Å². The van der Waals surface area contributed by atoms with Crippen LogP contribution in [0.25, 0.3) is 0 Å². The third kappa shape index (κ3) is 10.3. The third-order valence-electron chi connectivity index (χ3n) is 5.00. The summed E-state index contributed by atoms with van der Waals surface area (Å²) >= 11 is 0. The van der Waals surface area contributed by atoms with Crippen LogP contribution in [0.2, 0.25) is 0 Å². The molecule has 1 N–H and O–H groups in total. The van der Waals surface area contributed by atoms with Gasteiger partial charge in [0.2, 0.25) is 0 Å². The Balaban J connectivity index is 0.000000336. The number of aliphatic imine (C=N–C) groups is 1. The minimum atomic E-state index is 0.411. The number of nitrogens with one attached hydrogen (secondary N) is 1. The Labute approximate surface area is 170 Å². The lowest BCUT2D eigenvalue weighted by Gasteiger charge is -2.15. The summed E-state index contributed by atoms with van der Waals surface area (Å²) in [6, 6.07) is 8.42. The number of aryl methyl sites for hydroxylation is 1. The molecular weight excluding hydrogens is 350 g/mol. The summed E-state index contributed by atoms with van der Waals surface area (Å²) in [6.07, 6.45) is 11.1. The SMILES string of the molecule is CN/C=C\N=C(C)CC=O.COc1ccccc1CCC1CCCN(C)CC1. The standard InChI is InChI=1S/C16H25NO.C7H12N2O/c1-17-12-5-6-14(11-13-17)9-10-15-7-3-4-8-16(15)18-2;1-7(3-6-10)9-5-4-8-2/h3-4,7-8,14H,5-6,9-13H2,1-2H3;4-6,8H,3H2,1-2H3/b;5-4-,9-7?. The summed E-state index contributed by atoms with van der Waals surface area (Å²) in [7, 11) is 5.79. The summed E-state index contributed by atoms with van der Waals surface area (Å²) in [5.74, 6) is 1.93. The number of rotatable bonds is 8. The molecule has 1 heterocycles. The number of hydrogen-bond acceptors (Lipinski definition) is 5. The van der Waals surface area contributed by atoms with Crippen molar-refractivity contribution in [2.75, 3.05) is 34.3 Å². The van der Waals surface area contributed by atoms with Gasteiger partial charge >= 0.3 is 0 Å². The van der Waals surface area contributed by atoms with Gasteiger partial charge < -0.3 is 19.7 Å². The Kier molecular flexibility index (Phi) is 12.7. The van der Waals surface area contributed by atoms with E-state index in [1.165, 1.54) is 44.3 Å². The number of para-hydroxylation sites is 1. The van der Waals surface area contributed by atoms with Crippen LogP contribution in [0.5, 0.6) is 5.75 Å². The molecule has 0 aromatic heterocycles. The summed E-state index contributed by atoms with van der Waals surface area (Å²) in [5.41, 5.74) is 2.18. The highest BCUT2D eigenvalue weighted by atomic mass is 16.5. The van der Waals surface area contributed by atoms with Gasteiger partial charge in [-0.1, -0.05) is 18.2 Å². The molecule has 0 amide bonds. The Hall–Kier alpha value is -2.14. The van der Waals surface area contributed by atoms with E-state index in [1.807, 2.05) is 13.0 Å². The normalized spacial score (nSPS) is 18.1. The number of benzene rings is 1. The fourth-order valence-electron chi connectivity index (χ4n) is 3.28. The lowest BCUT2D eigenvalue weighted by Crippen LogP contribution is -2.18. The van der Waals surface area contributed by atoms with Crippen molar-refractivity contribution in [1.29, 1.82) is 0 Å². The topological polar surface area (TPSA) is 53.9 Å². The number of nitrogens with zero attached hydrogens (tertiary/aromatic N) is 2. The highest BCUT2D eigenvalue weighted by molar-refractivity contribution is 5.92. The first-order valence-electron chi connectivity index (χ1n) is 10.2. The van der Waals surface area contributed by atoms with Gasteiger partial charge in [-0.2, -0.15) is 0 Å². The maximum absolute atomic E-state index is 9.93. The molecule has 0 bridgehead atoms. The third-order valence-corrected chi connectivity index (χ3v) is 5.00. The molecule has 1 atom stereocenters. The monoisotopic (exact) mass is 387 g/mol. The lowest BCUT2D eigenvalue weighted by molar-refractivity contribution is -0.106. The zero-order valence-electron chi connectivity index (χ0n) is 18.0. The molecule has 1 aliphatic rings. The van der Waals surface area contributed by atoms with Crippen molar-refractivity contribution in [2.24, 2.45) is 10.9 Å². The number of hydrogen-bond donors (Lipinski definition) is 1. The van der Waals surface area contributed by atoms with Gasteiger partial charge in [0.1, 0.15) is 12.0 Å². The lowest BCUT2D eigenvalue weighted by atomic mass is 9.93. The van der Waals surface area contributed by atoms with E-state index in [2.05, 4.69) is 40.5 Å². The Morgan fingerprint density at radius 1 is 1.32 bits per heavy atom. The van der Waals surface area contributed by atoms with E-state index < -0.39 is 0 Å². The van der Waals surface area contributed by atoms with E-state index in [1.54, 1.807) is 26.6 Å². The van der Waals surface area contributed by atoms with Gasteiger partial charge in [-0.25, -0.2) is 0 Å². The summed E-state index contributed by atoms with van der Waals surface area (Å²) in [4.78, 5) is 16.3. The number of carbonyl (C=O) groups excluding carboxylic acids is 1. The second-order valence-electron chi connectivity index (χ2n) is 7.29. The Morgan fingerprint density at radius 2 is 2.11 bits per heavy atom. The largest absolute Gasteiger partial charge is 0.496 e. The number of carbonyl (C=O) groups is 1. The number of aldehydes is 1. The molecule has 1 fully saturated rings. The summed E-state index contributed by atoms with van der Waals surface area (Å²) in [6.45, 7) is 4.34. The molecule has 1 aromatic carbocycles. The van der Waals surface area contributed by atoms with Crippen LogP contribution in [-0.2, 0) is 11.2 Å². The zero-order valence-corrected chi connectivity index (χ0v) is 18.0. The maximum Gasteiger partial charge on any atom is 0.125 e. The van der Waals surface area contributed by atoms with Crippen LogP contribution in [0.3, 0.4) is 0 Å². The molecule has 1 unspecified atom stereocenters. The molecule has 2 rings (SSSR count). The predicted octanol–water partition coefficient (Wildman–Crippen LogP) is 4.09. The van der Waals surface area contributed by atoms with Crippen molar-refractivity contribution in [3.05, 3.63) is 42.2 Å². The first kappa shape index (κ1) is 23.9. The quantitative estimate of drug-likeness (QED) is 0.539. The van der Waals surface area contributed by atoms with Crippen molar-refractivity contribution in [2.45, 2.75) is 45.4 Å². The molecule has 1 aromatic rings. The number of likely N-dealkylation sites (tertiary alicyclic amines) is 1. The van der Waals surface area contributed by atoms with E-state index >= 15 is 0 Å². The zero-order chi connectivity index (χ0) is 20.6. The molecule has 1 aliphatic heterocycles. The molecular formula is C23H37N3O2. The fraction of sp³-hybridized carbons (Fsp3) is 0.565. The average Bonchev–Trinajstić information content (AvgIpc) is 2.91. The Bertz CT molecular complexity index is 614. The van der Waals surface area contributed by atoms with E-state index in [0.29, 0.717) is 6.42 Å². The van der Waals surface area contributed by atoms with Gasteiger partial charge in [-0.15, -0.1) is 0 Å². The van der Waals surface area contributed by atoms with Gasteiger partial charge in [-0.05, 0) is 76.7 Å². The molecule has 0 spiro atoms. The second kappa shape index (κ2) is 14.9. The molecule has 28 heavy (non-hydrogen) atoms. The van der Waals surface area contributed by atoms with Crippen LogP contribution in [0, 0.1) is 5.92 Å². The highest BCUT2D eigenvalue weighted by Crippen LogP contribution is 2.25. The average molecular weight is 388 g/mol. The molecule has 0 radical (unpaired) electrons. The summed E-state index contributed by atoms with van der Waals surface area (Å²) in [5, 5.41) is 2.79. The number of methoxy groups -OCH3 is 1. The second-order valence-corrected chi connectivity index (χ2v) is 7.29. The van der Waals surface area contributed by atoms with Crippen molar-refractivity contribution in [3.8, 4) is 5.75 Å². The first-order valence-corrected chi connectivity index (χ1v) is 10.2. The van der Waals surface area contributed by atoms with Gasteiger partial charge in [0.05, 0.1) is 7.11 Å². The van der Waals surface area contributed by atoms with Gasteiger partial charge in [-0.3, -0.25) is 4.99 Å². The van der Waals surface area contributed by atoms with Crippen LogP contribution in [0.4, 0.5) is 0 Å². The fourth-order valence-corrected chi connectivity index (χ4v) is 3.28. The van der Waals surface area contributed by atoms with E-state index in [-0.39, 0.29) is 0 Å². The van der Waals surface area contributed by atoms with E-state index in [9.17, 15) is 4.79 Å². The van der Waals surface area contributed by atoms with Crippen LogP contribution in [0.15, 0.2) is 41.7 Å². The van der Waals surface area contributed by atoms with Gasteiger partial charge in [0, 0.05) is 31.6 Å². The van der Waals surface area contributed by atoms with Crippen molar-refractivity contribution >= 4 is 12.0 Å². The van der Waals surface area contributed by atoms with E-state index in [4.69, 9.17) is 4.74 Å². The predicted molar refractivity (Wildman–Crippen MR) is 118 cm³/mol. The summed E-state index contributed by atoms with van der Waals surface area (Å²) < 4.78 is 5.42. The van der Waals surface area contributed by atoms with Crippen LogP contribution >= 0.6 is 0 Å². The van der Waals surface area contributed by atoms with Crippen LogP contribution in [-0.4, -0.2) is 51.2 Å². The van der Waals surface area contributed by atoms with E-state index in [0.717, 1.165) is 30.1 Å². The molecule has 5 heteroatoms. The Morgan fingerprint density at radius 3 is 2.82 bits per heavy atom. The maximum atomic E-state index is 9.93. The molecule has 0 saturated carbocycles. The molecule has 1 saturated heterocycles. The molecule has 5 nitrogen and oxygen atoms in total.